The molecule has 2 fully saturated rings. The number of piperidine rings is 1. The van der Waals surface area contributed by atoms with Crippen LogP contribution in [0.15, 0.2) is 18.3 Å². The van der Waals surface area contributed by atoms with E-state index in [4.69, 9.17) is 16.3 Å². The van der Waals surface area contributed by atoms with Gasteiger partial charge in [-0.2, -0.15) is 0 Å². The van der Waals surface area contributed by atoms with E-state index < -0.39 is 0 Å². The van der Waals surface area contributed by atoms with E-state index in [1.165, 1.54) is 0 Å². The molecule has 2 aliphatic rings. The molecule has 5 nitrogen and oxygen atoms in total. The summed E-state index contributed by atoms with van der Waals surface area (Å²) in [4.78, 5) is 21.1. The minimum Gasteiger partial charge on any atom is -0.378 e. The fourth-order valence-corrected chi connectivity index (χ4v) is 3.10. The first-order valence-electron chi connectivity index (χ1n) is 7.47. The summed E-state index contributed by atoms with van der Waals surface area (Å²) < 4.78 is 5.31. The SMILES string of the molecule is O=C(C1CCCN(c2ccc(Cl)cn2)C1)N1CCOCC1. The van der Waals surface area contributed by atoms with Crippen molar-refractivity contribution in [3.8, 4) is 0 Å². The van der Waals surface area contributed by atoms with Crippen molar-refractivity contribution in [3.05, 3.63) is 23.4 Å². The number of aromatic nitrogens is 1. The van der Waals surface area contributed by atoms with Crippen LogP contribution in [0.4, 0.5) is 5.82 Å². The number of anilines is 1. The highest BCUT2D eigenvalue weighted by molar-refractivity contribution is 6.30. The molecule has 0 aromatic carbocycles. The van der Waals surface area contributed by atoms with Crippen molar-refractivity contribution in [2.75, 3.05) is 44.3 Å². The van der Waals surface area contributed by atoms with Crippen molar-refractivity contribution >= 4 is 23.3 Å². The van der Waals surface area contributed by atoms with E-state index in [0.29, 0.717) is 31.3 Å². The molecule has 0 radical (unpaired) electrons. The number of hydrogen-bond acceptors (Lipinski definition) is 4. The highest BCUT2D eigenvalue weighted by Crippen LogP contribution is 2.24. The van der Waals surface area contributed by atoms with Gasteiger partial charge in [0.15, 0.2) is 0 Å². The molecular formula is C15H20ClN3O2. The minimum absolute atomic E-state index is 0.0642. The standard InChI is InChI=1S/C15H20ClN3O2/c16-13-3-4-14(17-10-13)19-5-1-2-12(11-19)15(20)18-6-8-21-9-7-18/h3-4,10,12H,1-2,5-9,11H2. The first kappa shape index (κ1) is 14.6. The van der Waals surface area contributed by atoms with Crippen LogP contribution in [-0.4, -0.2) is 55.2 Å². The quantitative estimate of drug-likeness (QED) is 0.836. The molecule has 1 aromatic rings. The maximum atomic E-state index is 12.6. The number of morpholine rings is 1. The van der Waals surface area contributed by atoms with E-state index in [9.17, 15) is 4.79 Å². The summed E-state index contributed by atoms with van der Waals surface area (Å²) >= 11 is 5.88. The molecule has 21 heavy (non-hydrogen) atoms. The maximum Gasteiger partial charge on any atom is 0.227 e. The van der Waals surface area contributed by atoms with Gasteiger partial charge in [0.05, 0.1) is 24.2 Å². The first-order valence-corrected chi connectivity index (χ1v) is 7.85. The number of ether oxygens (including phenoxy) is 1. The van der Waals surface area contributed by atoms with Crippen molar-refractivity contribution in [2.24, 2.45) is 5.92 Å². The summed E-state index contributed by atoms with van der Waals surface area (Å²) in [5, 5.41) is 0.636. The lowest BCUT2D eigenvalue weighted by Gasteiger charge is -2.36. The number of amides is 1. The van der Waals surface area contributed by atoms with Gasteiger partial charge in [-0.3, -0.25) is 4.79 Å². The molecule has 0 saturated carbocycles. The molecule has 3 heterocycles. The van der Waals surface area contributed by atoms with Gasteiger partial charge in [-0.1, -0.05) is 11.6 Å². The summed E-state index contributed by atoms with van der Waals surface area (Å²) in [6.07, 6.45) is 3.63. The molecule has 6 heteroatoms. The lowest BCUT2D eigenvalue weighted by molar-refractivity contribution is -0.139. The number of halogens is 1. The van der Waals surface area contributed by atoms with Gasteiger partial charge in [0.2, 0.25) is 5.91 Å². The van der Waals surface area contributed by atoms with Crippen LogP contribution >= 0.6 is 11.6 Å². The number of nitrogens with zero attached hydrogens (tertiary/aromatic N) is 3. The Morgan fingerprint density at radius 3 is 2.81 bits per heavy atom. The predicted octanol–water partition coefficient (Wildman–Crippen LogP) is 1.81. The van der Waals surface area contributed by atoms with Crippen LogP contribution in [0.3, 0.4) is 0 Å². The summed E-state index contributed by atoms with van der Waals surface area (Å²) in [5.74, 6) is 1.23. The van der Waals surface area contributed by atoms with Crippen molar-refractivity contribution in [2.45, 2.75) is 12.8 Å². The van der Waals surface area contributed by atoms with Crippen molar-refractivity contribution in [3.63, 3.8) is 0 Å². The van der Waals surface area contributed by atoms with Crippen LogP contribution in [0.5, 0.6) is 0 Å². The molecular weight excluding hydrogens is 290 g/mol. The molecule has 1 atom stereocenters. The molecule has 1 unspecified atom stereocenters. The van der Waals surface area contributed by atoms with Gasteiger partial charge in [0.25, 0.3) is 0 Å². The lowest BCUT2D eigenvalue weighted by atomic mass is 9.96. The summed E-state index contributed by atoms with van der Waals surface area (Å²) in [6.45, 7) is 4.43. The zero-order valence-electron chi connectivity index (χ0n) is 12.0. The number of rotatable bonds is 2. The van der Waals surface area contributed by atoms with Gasteiger partial charge < -0.3 is 14.5 Å². The van der Waals surface area contributed by atoms with Gasteiger partial charge in [-0.05, 0) is 25.0 Å². The second-order valence-electron chi connectivity index (χ2n) is 5.56. The Kier molecular flexibility index (Phi) is 4.60. The van der Waals surface area contributed by atoms with Gasteiger partial charge >= 0.3 is 0 Å². The van der Waals surface area contributed by atoms with E-state index in [1.54, 1.807) is 6.20 Å². The van der Waals surface area contributed by atoms with Crippen LogP contribution in [0.2, 0.25) is 5.02 Å². The fourth-order valence-electron chi connectivity index (χ4n) is 2.98. The summed E-state index contributed by atoms with van der Waals surface area (Å²) in [6, 6.07) is 3.77. The molecule has 1 aromatic heterocycles. The summed E-state index contributed by atoms with van der Waals surface area (Å²) in [5.41, 5.74) is 0. The minimum atomic E-state index is 0.0642. The Morgan fingerprint density at radius 1 is 1.29 bits per heavy atom. The molecule has 2 saturated heterocycles. The van der Waals surface area contributed by atoms with E-state index in [0.717, 1.165) is 31.7 Å². The van der Waals surface area contributed by atoms with Gasteiger partial charge in [-0.15, -0.1) is 0 Å². The Labute approximate surface area is 129 Å². The third-order valence-electron chi connectivity index (χ3n) is 4.13. The maximum absolute atomic E-state index is 12.6. The lowest BCUT2D eigenvalue weighted by Crippen LogP contribution is -2.48. The molecule has 114 valence electrons. The number of pyridine rings is 1. The molecule has 0 N–H and O–H groups in total. The molecule has 0 aliphatic carbocycles. The molecule has 0 spiro atoms. The smallest absolute Gasteiger partial charge is 0.227 e. The monoisotopic (exact) mass is 309 g/mol. The average Bonchev–Trinajstić information content (AvgIpc) is 2.56. The third kappa shape index (κ3) is 3.47. The van der Waals surface area contributed by atoms with Crippen LogP contribution in [0, 0.1) is 5.92 Å². The van der Waals surface area contributed by atoms with Crippen LogP contribution in [0.1, 0.15) is 12.8 Å². The topological polar surface area (TPSA) is 45.7 Å². The van der Waals surface area contributed by atoms with E-state index in [2.05, 4.69) is 9.88 Å². The van der Waals surface area contributed by atoms with E-state index in [-0.39, 0.29) is 11.8 Å². The molecule has 0 bridgehead atoms. The number of carbonyl (C=O) groups excluding carboxylic acids is 1. The Bertz CT molecular complexity index is 488. The van der Waals surface area contributed by atoms with Crippen LogP contribution in [-0.2, 0) is 9.53 Å². The Balaban J connectivity index is 1.64. The number of carbonyl (C=O) groups is 1. The number of hydrogen-bond donors (Lipinski definition) is 0. The summed E-state index contributed by atoms with van der Waals surface area (Å²) in [7, 11) is 0. The van der Waals surface area contributed by atoms with E-state index >= 15 is 0 Å². The van der Waals surface area contributed by atoms with E-state index in [1.807, 2.05) is 17.0 Å². The Hall–Kier alpha value is -1.33. The second kappa shape index (κ2) is 6.62. The Morgan fingerprint density at radius 2 is 2.10 bits per heavy atom. The molecule has 1 amide bonds. The van der Waals surface area contributed by atoms with Crippen molar-refractivity contribution in [1.29, 1.82) is 0 Å². The fraction of sp³-hybridized carbons (Fsp3) is 0.600. The van der Waals surface area contributed by atoms with Crippen molar-refractivity contribution < 1.29 is 9.53 Å². The molecule has 3 rings (SSSR count). The zero-order chi connectivity index (χ0) is 14.7. The second-order valence-corrected chi connectivity index (χ2v) is 5.99. The third-order valence-corrected chi connectivity index (χ3v) is 4.35. The highest BCUT2D eigenvalue weighted by Gasteiger charge is 2.30. The predicted molar refractivity (Wildman–Crippen MR) is 81.6 cm³/mol. The highest BCUT2D eigenvalue weighted by atomic mass is 35.5. The largest absolute Gasteiger partial charge is 0.378 e. The first-order chi connectivity index (χ1) is 10.2. The van der Waals surface area contributed by atoms with Crippen LogP contribution in [0.25, 0.3) is 0 Å². The van der Waals surface area contributed by atoms with Gasteiger partial charge in [0.1, 0.15) is 5.82 Å². The molecule has 2 aliphatic heterocycles. The normalized spacial score (nSPS) is 23.2. The van der Waals surface area contributed by atoms with Crippen molar-refractivity contribution in [1.82, 2.24) is 9.88 Å². The van der Waals surface area contributed by atoms with Gasteiger partial charge in [0, 0.05) is 32.4 Å². The van der Waals surface area contributed by atoms with Crippen LogP contribution < -0.4 is 4.90 Å². The zero-order valence-corrected chi connectivity index (χ0v) is 12.8. The van der Waals surface area contributed by atoms with Gasteiger partial charge in [-0.25, -0.2) is 4.98 Å². The average molecular weight is 310 g/mol.